The Balaban J connectivity index is 1.76. The van der Waals surface area contributed by atoms with Crippen LogP contribution in [0.25, 0.3) is 0 Å². The largest absolute Gasteiger partial charge is 0.379 e. The van der Waals surface area contributed by atoms with Gasteiger partial charge >= 0.3 is 0 Å². The van der Waals surface area contributed by atoms with Gasteiger partial charge in [0.2, 0.25) is 0 Å². The van der Waals surface area contributed by atoms with Crippen LogP contribution >= 0.6 is 0 Å². The van der Waals surface area contributed by atoms with Crippen molar-refractivity contribution >= 4 is 17.1 Å². The summed E-state index contributed by atoms with van der Waals surface area (Å²) in [6.07, 6.45) is 0. The minimum Gasteiger partial charge on any atom is -0.379 e. The summed E-state index contributed by atoms with van der Waals surface area (Å²) >= 11 is 0. The van der Waals surface area contributed by atoms with Gasteiger partial charge in [0.1, 0.15) is 5.69 Å². The highest BCUT2D eigenvalue weighted by Gasteiger charge is 2.14. The van der Waals surface area contributed by atoms with Crippen molar-refractivity contribution in [2.45, 2.75) is 13.5 Å². The number of hydrogen-bond acceptors (Lipinski definition) is 5. The first-order valence-corrected chi connectivity index (χ1v) is 8.03. The van der Waals surface area contributed by atoms with Crippen molar-refractivity contribution in [3.63, 3.8) is 0 Å². The van der Waals surface area contributed by atoms with Crippen LogP contribution in [-0.4, -0.2) is 36.1 Å². The summed E-state index contributed by atoms with van der Waals surface area (Å²) in [5, 5.41) is 14.4. The number of rotatable bonds is 5. The highest BCUT2D eigenvalue weighted by Crippen LogP contribution is 2.28. The molecule has 3 rings (SSSR count). The molecule has 0 aromatic heterocycles. The Morgan fingerprint density at radius 1 is 1.21 bits per heavy atom. The summed E-state index contributed by atoms with van der Waals surface area (Å²) in [7, 11) is 0. The fourth-order valence-corrected chi connectivity index (χ4v) is 2.82. The minimum atomic E-state index is -0.354. The lowest BCUT2D eigenvalue weighted by atomic mass is 10.1. The third-order valence-corrected chi connectivity index (χ3v) is 4.07. The molecule has 1 fully saturated rings. The zero-order chi connectivity index (χ0) is 16.9. The fraction of sp³-hybridized carbons (Fsp3) is 0.333. The number of morpholine rings is 1. The number of nitrogens with zero attached hydrogens (tertiary/aromatic N) is 2. The summed E-state index contributed by atoms with van der Waals surface area (Å²) in [5.74, 6) is 0. The van der Waals surface area contributed by atoms with Gasteiger partial charge in [0.15, 0.2) is 0 Å². The van der Waals surface area contributed by atoms with Gasteiger partial charge in [0.25, 0.3) is 5.69 Å². The van der Waals surface area contributed by atoms with E-state index >= 15 is 0 Å². The molecule has 0 radical (unpaired) electrons. The van der Waals surface area contributed by atoms with E-state index in [9.17, 15) is 10.1 Å². The van der Waals surface area contributed by atoms with Crippen LogP contribution in [0.3, 0.4) is 0 Å². The van der Waals surface area contributed by atoms with Crippen LogP contribution in [0.15, 0.2) is 42.5 Å². The maximum atomic E-state index is 11.2. The molecular weight excluding hydrogens is 306 g/mol. The molecule has 1 aliphatic rings. The monoisotopic (exact) mass is 327 g/mol. The van der Waals surface area contributed by atoms with E-state index in [1.165, 1.54) is 5.56 Å². The molecule has 1 aliphatic heterocycles. The Bertz CT molecular complexity index is 727. The van der Waals surface area contributed by atoms with Gasteiger partial charge in [-0.1, -0.05) is 18.2 Å². The Kier molecular flexibility index (Phi) is 5.08. The number of nitro groups is 1. The molecule has 1 N–H and O–H groups in total. The molecular formula is C18H21N3O3. The number of aryl methyl sites for hydroxylation is 1. The summed E-state index contributed by atoms with van der Waals surface area (Å²) < 4.78 is 5.37. The van der Waals surface area contributed by atoms with Crippen LogP contribution in [0, 0.1) is 17.0 Å². The van der Waals surface area contributed by atoms with Crippen LogP contribution in [0.5, 0.6) is 0 Å². The van der Waals surface area contributed by atoms with E-state index in [1.807, 2.05) is 31.2 Å². The SMILES string of the molecule is Cc1ccc(Nc2cccc(CN3CCOCC3)c2)c([N+](=O)[O-])c1. The summed E-state index contributed by atoms with van der Waals surface area (Å²) in [5.41, 5.74) is 3.50. The molecule has 1 heterocycles. The zero-order valence-corrected chi connectivity index (χ0v) is 13.7. The van der Waals surface area contributed by atoms with Gasteiger partial charge < -0.3 is 10.1 Å². The first-order valence-electron chi connectivity index (χ1n) is 8.03. The quantitative estimate of drug-likeness (QED) is 0.672. The van der Waals surface area contributed by atoms with Crippen LogP contribution in [0.1, 0.15) is 11.1 Å². The maximum Gasteiger partial charge on any atom is 0.292 e. The van der Waals surface area contributed by atoms with E-state index in [4.69, 9.17) is 4.74 Å². The molecule has 1 saturated heterocycles. The van der Waals surface area contributed by atoms with Gasteiger partial charge in [0, 0.05) is 31.4 Å². The molecule has 126 valence electrons. The molecule has 0 amide bonds. The van der Waals surface area contributed by atoms with Crippen molar-refractivity contribution in [3.8, 4) is 0 Å². The smallest absolute Gasteiger partial charge is 0.292 e. The first-order chi connectivity index (χ1) is 11.6. The van der Waals surface area contributed by atoms with Gasteiger partial charge in [-0.2, -0.15) is 0 Å². The van der Waals surface area contributed by atoms with E-state index in [1.54, 1.807) is 12.1 Å². The standard InChI is InChI=1S/C18H21N3O3/c1-14-5-6-17(18(11-14)21(22)23)19-16-4-2-3-15(12-16)13-20-7-9-24-10-8-20/h2-6,11-12,19H,7-10,13H2,1H3. The van der Waals surface area contributed by atoms with Gasteiger partial charge in [-0.25, -0.2) is 0 Å². The van der Waals surface area contributed by atoms with Crippen molar-refractivity contribution in [3.05, 3.63) is 63.7 Å². The molecule has 2 aromatic carbocycles. The van der Waals surface area contributed by atoms with Crippen LogP contribution in [0.4, 0.5) is 17.1 Å². The average Bonchev–Trinajstić information content (AvgIpc) is 2.57. The average molecular weight is 327 g/mol. The Labute approximate surface area is 141 Å². The van der Waals surface area contributed by atoms with Gasteiger partial charge in [-0.3, -0.25) is 15.0 Å². The van der Waals surface area contributed by atoms with Gasteiger partial charge in [0.05, 0.1) is 18.1 Å². The third-order valence-electron chi connectivity index (χ3n) is 4.07. The molecule has 0 spiro atoms. The van der Waals surface area contributed by atoms with E-state index < -0.39 is 0 Å². The van der Waals surface area contributed by atoms with Crippen molar-refractivity contribution < 1.29 is 9.66 Å². The normalized spacial score (nSPS) is 15.2. The summed E-state index contributed by atoms with van der Waals surface area (Å²) in [6, 6.07) is 13.2. The van der Waals surface area contributed by atoms with E-state index in [0.717, 1.165) is 44.1 Å². The Hall–Kier alpha value is -2.44. The van der Waals surface area contributed by atoms with Crippen LogP contribution in [-0.2, 0) is 11.3 Å². The number of ether oxygens (including phenoxy) is 1. The number of anilines is 2. The van der Waals surface area contributed by atoms with Crippen LogP contribution < -0.4 is 5.32 Å². The maximum absolute atomic E-state index is 11.2. The predicted octanol–water partition coefficient (Wildman–Crippen LogP) is 3.48. The summed E-state index contributed by atoms with van der Waals surface area (Å²) in [4.78, 5) is 13.2. The lowest BCUT2D eigenvalue weighted by molar-refractivity contribution is -0.384. The second kappa shape index (κ2) is 7.42. The minimum absolute atomic E-state index is 0.0913. The van der Waals surface area contributed by atoms with Crippen molar-refractivity contribution in [2.24, 2.45) is 0 Å². The van der Waals surface area contributed by atoms with Crippen LogP contribution in [0.2, 0.25) is 0 Å². The molecule has 0 aliphatic carbocycles. The molecule has 0 unspecified atom stereocenters. The lowest BCUT2D eigenvalue weighted by Gasteiger charge is -2.26. The highest BCUT2D eigenvalue weighted by molar-refractivity contribution is 5.70. The fourth-order valence-electron chi connectivity index (χ4n) is 2.82. The van der Waals surface area contributed by atoms with E-state index in [-0.39, 0.29) is 10.6 Å². The second-order valence-electron chi connectivity index (χ2n) is 5.99. The molecule has 0 saturated carbocycles. The van der Waals surface area contributed by atoms with Crippen molar-refractivity contribution in [1.29, 1.82) is 0 Å². The predicted molar refractivity (Wildman–Crippen MR) is 93.7 cm³/mol. The number of nitro benzene ring substituents is 1. The number of hydrogen-bond donors (Lipinski definition) is 1. The summed E-state index contributed by atoms with van der Waals surface area (Å²) in [6.45, 7) is 6.11. The second-order valence-corrected chi connectivity index (χ2v) is 5.99. The number of nitrogens with one attached hydrogen (secondary N) is 1. The first kappa shape index (κ1) is 16.4. The molecule has 24 heavy (non-hydrogen) atoms. The lowest BCUT2D eigenvalue weighted by Crippen LogP contribution is -2.35. The zero-order valence-electron chi connectivity index (χ0n) is 13.7. The van der Waals surface area contributed by atoms with E-state index in [2.05, 4.69) is 16.3 Å². The Morgan fingerprint density at radius 2 is 2.00 bits per heavy atom. The topological polar surface area (TPSA) is 67.6 Å². The molecule has 6 nitrogen and oxygen atoms in total. The molecule has 2 aromatic rings. The highest BCUT2D eigenvalue weighted by atomic mass is 16.6. The van der Waals surface area contributed by atoms with Gasteiger partial charge in [-0.15, -0.1) is 0 Å². The number of benzene rings is 2. The Morgan fingerprint density at radius 3 is 2.75 bits per heavy atom. The van der Waals surface area contributed by atoms with E-state index in [0.29, 0.717) is 5.69 Å². The van der Waals surface area contributed by atoms with Gasteiger partial charge in [-0.05, 0) is 36.2 Å². The molecule has 0 bridgehead atoms. The molecule has 6 heteroatoms. The van der Waals surface area contributed by atoms with Crippen molar-refractivity contribution in [2.75, 3.05) is 31.6 Å². The third kappa shape index (κ3) is 4.10. The molecule has 0 atom stereocenters. The van der Waals surface area contributed by atoms with Crippen molar-refractivity contribution in [1.82, 2.24) is 4.90 Å².